The van der Waals surface area contributed by atoms with Gasteiger partial charge in [-0.2, -0.15) is 0 Å². The Morgan fingerprint density at radius 3 is 2.31 bits per heavy atom. The smallest absolute Gasteiger partial charge is 0.247 e. The number of para-hydroxylation sites is 2. The second-order valence-electron chi connectivity index (χ2n) is 9.20. The molecule has 1 atom stereocenters. The number of carbonyl (C=O) groups is 2. The van der Waals surface area contributed by atoms with Crippen molar-refractivity contribution < 1.29 is 9.59 Å². The molecular formula is C27H29N3O2. The molecule has 2 heterocycles. The molecule has 0 radical (unpaired) electrons. The van der Waals surface area contributed by atoms with Crippen molar-refractivity contribution in [3.8, 4) is 5.69 Å². The molecule has 3 aromatic rings. The van der Waals surface area contributed by atoms with Gasteiger partial charge in [-0.1, -0.05) is 42.0 Å². The predicted molar refractivity (Wildman–Crippen MR) is 126 cm³/mol. The summed E-state index contributed by atoms with van der Waals surface area (Å²) in [5, 5.41) is 0. The van der Waals surface area contributed by atoms with Crippen molar-refractivity contribution >= 4 is 17.5 Å². The Labute approximate surface area is 189 Å². The number of amides is 2. The highest BCUT2D eigenvalue weighted by atomic mass is 16.2. The van der Waals surface area contributed by atoms with Crippen LogP contribution in [0.25, 0.3) is 5.69 Å². The van der Waals surface area contributed by atoms with E-state index in [1.165, 1.54) is 5.56 Å². The van der Waals surface area contributed by atoms with Gasteiger partial charge in [0.2, 0.25) is 11.8 Å². The highest BCUT2D eigenvalue weighted by molar-refractivity contribution is 6.00. The van der Waals surface area contributed by atoms with E-state index in [2.05, 4.69) is 41.8 Å². The van der Waals surface area contributed by atoms with E-state index in [0.717, 1.165) is 35.5 Å². The Hall–Kier alpha value is -3.34. The van der Waals surface area contributed by atoms with Crippen LogP contribution in [0.3, 0.4) is 0 Å². The van der Waals surface area contributed by atoms with Crippen molar-refractivity contribution in [2.75, 3.05) is 11.4 Å². The second-order valence-corrected chi connectivity index (χ2v) is 9.20. The first-order valence-corrected chi connectivity index (χ1v) is 11.4. The summed E-state index contributed by atoms with van der Waals surface area (Å²) >= 11 is 0. The molecule has 1 aromatic heterocycles. The van der Waals surface area contributed by atoms with Crippen molar-refractivity contribution in [3.63, 3.8) is 0 Å². The molecule has 1 unspecified atom stereocenters. The van der Waals surface area contributed by atoms with Gasteiger partial charge in [-0.25, -0.2) is 0 Å². The highest BCUT2D eigenvalue weighted by Gasteiger charge is 2.39. The van der Waals surface area contributed by atoms with E-state index in [-0.39, 0.29) is 36.4 Å². The molecule has 0 spiro atoms. The topological polar surface area (TPSA) is 45.6 Å². The minimum absolute atomic E-state index is 0.0197. The molecule has 0 saturated heterocycles. The van der Waals surface area contributed by atoms with Gasteiger partial charge >= 0.3 is 0 Å². The van der Waals surface area contributed by atoms with Gasteiger partial charge in [0.1, 0.15) is 12.6 Å². The third kappa shape index (κ3) is 3.52. The van der Waals surface area contributed by atoms with Gasteiger partial charge in [-0.05, 0) is 63.4 Å². The molecule has 1 fully saturated rings. The van der Waals surface area contributed by atoms with Crippen molar-refractivity contribution in [2.24, 2.45) is 5.92 Å². The summed E-state index contributed by atoms with van der Waals surface area (Å²) in [4.78, 5) is 30.5. The number of hydrogen-bond acceptors (Lipinski definition) is 2. The van der Waals surface area contributed by atoms with E-state index >= 15 is 0 Å². The molecule has 5 heteroatoms. The molecule has 32 heavy (non-hydrogen) atoms. The normalized spacial score (nSPS) is 17.1. The van der Waals surface area contributed by atoms with Gasteiger partial charge in [0.05, 0.1) is 17.1 Å². The summed E-state index contributed by atoms with van der Waals surface area (Å²) < 4.78 is 2.17. The first-order valence-electron chi connectivity index (χ1n) is 11.4. The molecular weight excluding hydrogens is 398 g/mol. The molecule has 1 aliphatic carbocycles. The maximum absolute atomic E-state index is 13.9. The fourth-order valence-electron chi connectivity index (χ4n) is 4.63. The maximum Gasteiger partial charge on any atom is 0.247 e. The third-order valence-electron chi connectivity index (χ3n) is 6.52. The Morgan fingerprint density at radius 1 is 0.969 bits per heavy atom. The average Bonchev–Trinajstić information content (AvgIpc) is 3.53. The molecule has 5 rings (SSSR count). The van der Waals surface area contributed by atoms with Gasteiger partial charge < -0.3 is 9.47 Å². The first kappa shape index (κ1) is 20.6. The van der Waals surface area contributed by atoms with Crippen LogP contribution < -0.4 is 4.90 Å². The molecule has 2 aromatic carbocycles. The van der Waals surface area contributed by atoms with Crippen LogP contribution in [0.15, 0.2) is 66.9 Å². The Bertz CT molecular complexity index is 1160. The largest absolute Gasteiger partial charge is 0.331 e. The van der Waals surface area contributed by atoms with Crippen LogP contribution in [0.4, 0.5) is 5.69 Å². The Kier molecular flexibility index (Phi) is 5.12. The summed E-state index contributed by atoms with van der Waals surface area (Å²) in [5.41, 5.74) is 5.14. The number of fused-ring (bicyclic) bond motifs is 3. The number of nitrogens with zero attached hydrogens (tertiary/aromatic N) is 3. The predicted octanol–water partition coefficient (Wildman–Crippen LogP) is 4.87. The number of aromatic nitrogens is 1. The minimum Gasteiger partial charge on any atom is -0.331 e. The van der Waals surface area contributed by atoms with Gasteiger partial charge in [0.25, 0.3) is 0 Å². The van der Waals surface area contributed by atoms with Crippen molar-refractivity contribution in [1.29, 1.82) is 0 Å². The van der Waals surface area contributed by atoms with Crippen LogP contribution in [0, 0.1) is 12.8 Å². The van der Waals surface area contributed by atoms with Gasteiger partial charge in [-0.15, -0.1) is 0 Å². The molecule has 1 aliphatic heterocycles. The van der Waals surface area contributed by atoms with Crippen molar-refractivity contribution in [1.82, 2.24) is 9.47 Å². The van der Waals surface area contributed by atoms with Crippen LogP contribution >= 0.6 is 0 Å². The van der Waals surface area contributed by atoms with Gasteiger partial charge in [0.15, 0.2) is 0 Å². The van der Waals surface area contributed by atoms with Crippen LogP contribution in [0.2, 0.25) is 0 Å². The molecule has 1 saturated carbocycles. The molecule has 0 N–H and O–H groups in total. The fourth-order valence-corrected chi connectivity index (χ4v) is 4.63. The number of hydrogen-bond donors (Lipinski definition) is 0. The standard InChI is InChI=1S/C27H29N3O2/c1-18(2)29(27(32)21-14-15-21)17-25(31)30-23-8-5-4-7-22(23)28-16-6-9-24(28)26(30)20-12-10-19(3)11-13-20/h4-13,16,18,21,26H,14-15,17H2,1-3H3. The summed E-state index contributed by atoms with van der Waals surface area (Å²) in [5.74, 6) is 0.135. The minimum atomic E-state index is -0.252. The van der Waals surface area contributed by atoms with Gasteiger partial charge in [-0.3, -0.25) is 14.5 Å². The lowest BCUT2D eigenvalue weighted by Gasteiger charge is -2.40. The van der Waals surface area contributed by atoms with E-state index < -0.39 is 0 Å². The van der Waals surface area contributed by atoms with Crippen LogP contribution in [0.5, 0.6) is 0 Å². The lowest BCUT2D eigenvalue weighted by Crippen LogP contribution is -2.49. The van der Waals surface area contributed by atoms with E-state index in [9.17, 15) is 9.59 Å². The second kappa shape index (κ2) is 7.97. The molecule has 2 aliphatic rings. The summed E-state index contributed by atoms with van der Waals surface area (Å²) in [6.07, 6.45) is 3.92. The molecule has 164 valence electrons. The zero-order chi connectivity index (χ0) is 22.4. The average molecular weight is 428 g/mol. The number of benzene rings is 2. The molecule has 2 amide bonds. The van der Waals surface area contributed by atoms with E-state index in [1.54, 1.807) is 4.90 Å². The highest BCUT2D eigenvalue weighted by Crippen LogP contribution is 2.42. The summed E-state index contributed by atoms with van der Waals surface area (Å²) in [6.45, 7) is 6.13. The van der Waals surface area contributed by atoms with E-state index in [1.807, 2.05) is 55.3 Å². The summed E-state index contributed by atoms with van der Waals surface area (Å²) in [7, 11) is 0. The number of carbonyl (C=O) groups excluding carboxylic acids is 2. The molecule has 5 nitrogen and oxygen atoms in total. The Balaban J connectivity index is 1.59. The maximum atomic E-state index is 13.9. The van der Waals surface area contributed by atoms with Crippen LogP contribution in [-0.4, -0.2) is 33.9 Å². The summed E-state index contributed by atoms with van der Waals surface area (Å²) in [6, 6.07) is 20.2. The third-order valence-corrected chi connectivity index (χ3v) is 6.52. The quantitative estimate of drug-likeness (QED) is 0.583. The SMILES string of the molecule is Cc1ccc(C2c3cccn3-c3ccccc3N2C(=O)CN(C(=O)C2CC2)C(C)C)cc1. The monoisotopic (exact) mass is 427 g/mol. The van der Waals surface area contributed by atoms with Crippen LogP contribution in [-0.2, 0) is 9.59 Å². The zero-order valence-electron chi connectivity index (χ0n) is 18.9. The number of anilines is 1. The fraction of sp³-hybridized carbons (Fsp3) is 0.333. The lowest BCUT2D eigenvalue weighted by molar-refractivity contribution is -0.138. The van der Waals surface area contributed by atoms with Gasteiger partial charge in [0, 0.05) is 18.2 Å². The van der Waals surface area contributed by atoms with Crippen LogP contribution in [0.1, 0.15) is 49.6 Å². The van der Waals surface area contributed by atoms with Crippen molar-refractivity contribution in [3.05, 3.63) is 83.7 Å². The van der Waals surface area contributed by atoms with E-state index in [0.29, 0.717) is 0 Å². The zero-order valence-corrected chi connectivity index (χ0v) is 18.9. The number of aryl methyl sites for hydroxylation is 1. The van der Waals surface area contributed by atoms with E-state index in [4.69, 9.17) is 0 Å². The lowest BCUT2D eigenvalue weighted by atomic mass is 9.97. The number of rotatable bonds is 5. The van der Waals surface area contributed by atoms with Crippen molar-refractivity contribution in [2.45, 2.75) is 45.7 Å². The molecule has 0 bridgehead atoms. The Morgan fingerprint density at radius 2 is 1.66 bits per heavy atom. The first-order chi connectivity index (χ1) is 15.5.